The molecule has 0 bridgehead atoms. The van der Waals surface area contributed by atoms with Gasteiger partial charge in [-0.25, -0.2) is 0 Å². The maximum atomic E-state index is 11.7. The lowest BCUT2D eigenvalue weighted by molar-refractivity contribution is -0.116. The third kappa shape index (κ3) is 3.58. The van der Waals surface area contributed by atoms with Gasteiger partial charge in [-0.3, -0.25) is 4.79 Å². The molecule has 0 spiro atoms. The van der Waals surface area contributed by atoms with Gasteiger partial charge in [-0.05, 0) is 41.3 Å². The minimum absolute atomic E-state index is 0.0470. The SMILES string of the molecule is O=C1CCc2cc(-c3ccc(Cl)cc3)c(OCc3ccccc3)cc2N1. The number of rotatable bonds is 4. The number of anilines is 1. The van der Waals surface area contributed by atoms with Gasteiger partial charge < -0.3 is 10.1 Å². The zero-order valence-corrected chi connectivity index (χ0v) is 14.9. The summed E-state index contributed by atoms with van der Waals surface area (Å²) < 4.78 is 6.12. The first-order valence-corrected chi connectivity index (χ1v) is 8.96. The van der Waals surface area contributed by atoms with E-state index in [1.807, 2.05) is 60.7 Å². The first-order valence-electron chi connectivity index (χ1n) is 8.58. The Kier molecular flexibility index (Phi) is 4.63. The van der Waals surface area contributed by atoms with Gasteiger partial charge in [-0.1, -0.05) is 54.1 Å². The van der Waals surface area contributed by atoms with Crippen molar-refractivity contribution in [2.45, 2.75) is 19.4 Å². The van der Waals surface area contributed by atoms with Crippen molar-refractivity contribution in [1.82, 2.24) is 0 Å². The molecule has 0 aliphatic carbocycles. The Labute approximate surface area is 157 Å². The van der Waals surface area contributed by atoms with Gasteiger partial charge in [0.05, 0.1) is 0 Å². The fraction of sp³-hybridized carbons (Fsp3) is 0.136. The van der Waals surface area contributed by atoms with Crippen LogP contribution in [0.4, 0.5) is 5.69 Å². The highest BCUT2D eigenvalue weighted by Crippen LogP contribution is 2.38. The molecule has 1 aliphatic rings. The van der Waals surface area contributed by atoms with E-state index in [-0.39, 0.29) is 5.91 Å². The predicted molar refractivity (Wildman–Crippen MR) is 105 cm³/mol. The van der Waals surface area contributed by atoms with Crippen LogP contribution in [0.25, 0.3) is 11.1 Å². The lowest BCUT2D eigenvalue weighted by Gasteiger charge is -2.21. The van der Waals surface area contributed by atoms with E-state index < -0.39 is 0 Å². The Hall–Kier alpha value is -2.78. The summed E-state index contributed by atoms with van der Waals surface area (Å²) in [4.78, 5) is 11.7. The van der Waals surface area contributed by atoms with Crippen LogP contribution in [-0.2, 0) is 17.8 Å². The molecule has 4 rings (SSSR count). The number of fused-ring (bicyclic) bond motifs is 1. The molecule has 4 heteroatoms. The van der Waals surface area contributed by atoms with Gasteiger partial charge in [-0.2, -0.15) is 0 Å². The molecule has 1 amide bonds. The Morgan fingerprint density at radius 2 is 1.73 bits per heavy atom. The fourth-order valence-electron chi connectivity index (χ4n) is 3.12. The minimum atomic E-state index is 0.0470. The van der Waals surface area contributed by atoms with E-state index in [0.29, 0.717) is 18.1 Å². The summed E-state index contributed by atoms with van der Waals surface area (Å²) in [6.45, 7) is 0.466. The maximum Gasteiger partial charge on any atom is 0.224 e. The topological polar surface area (TPSA) is 38.3 Å². The van der Waals surface area contributed by atoms with E-state index in [1.165, 1.54) is 0 Å². The predicted octanol–water partition coefficient (Wildman–Crippen LogP) is 5.47. The third-order valence-electron chi connectivity index (χ3n) is 4.49. The molecule has 3 nitrogen and oxygen atoms in total. The Balaban J connectivity index is 1.72. The van der Waals surface area contributed by atoms with Crippen molar-refractivity contribution in [3.05, 3.63) is 82.9 Å². The molecule has 0 saturated heterocycles. The number of hydrogen-bond donors (Lipinski definition) is 1. The average Bonchev–Trinajstić information content (AvgIpc) is 2.67. The average molecular weight is 364 g/mol. The second-order valence-electron chi connectivity index (χ2n) is 6.33. The van der Waals surface area contributed by atoms with E-state index in [9.17, 15) is 4.79 Å². The normalized spacial score (nSPS) is 13.0. The van der Waals surface area contributed by atoms with Crippen LogP contribution in [-0.4, -0.2) is 5.91 Å². The largest absolute Gasteiger partial charge is 0.488 e. The second kappa shape index (κ2) is 7.22. The smallest absolute Gasteiger partial charge is 0.224 e. The Bertz CT molecular complexity index is 936. The van der Waals surface area contributed by atoms with Crippen molar-refractivity contribution in [2.24, 2.45) is 0 Å². The van der Waals surface area contributed by atoms with Crippen molar-refractivity contribution in [3.63, 3.8) is 0 Å². The lowest BCUT2D eigenvalue weighted by atomic mass is 9.96. The number of nitrogens with one attached hydrogen (secondary N) is 1. The summed E-state index contributed by atoms with van der Waals surface area (Å²) in [5.41, 5.74) is 5.10. The van der Waals surface area contributed by atoms with Crippen molar-refractivity contribution in [1.29, 1.82) is 0 Å². The number of ether oxygens (including phenoxy) is 1. The summed E-state index contributed by atoms with van der Waals surface area (Å²) in [7, 11) is 0. The number of amides is 1. The van der Waals surface area contributed by atoms with E-state index in [4.69, 9.17) is 16.3 Å². The standard InChI is InChI=1S/C22H18ClNO2/c23-18-9-6-16(7-10-18)19-12-17-8-11-22(25)24-20(17)13-21(19)26-14-15-4-2-1-3-5-15/h1-7,9-10,12-13H,8,11,14H2,(H,24,25). The molecular formula is C22H18ClNO2. The summed E-state index contributed by atoms with van der Waals surface area (Å²) >= 11 is 6.03. The minimum Gasteiger partial charge on any atom is -0.488 e. The molecule has 0 atom stereocenters. The number of carbonyl (C=O) groups is 1. The van der Waals surface area contributed by atoms with Crippen LogP contribution in [0.15, 0.2) is 66.7 Å². The van der Waals surface area contributed by atoms with Crippen LogP contribution in [0, 0.1) is 0 Å². The van der Waals surface area contributed by atoms with Gasteiger partial charge in [-0.15, -0.1) is 0 Å². The molecule has 0 unspecified atom stereocenters. The lowest BCUT2D eigenvalue weighted by Crippen LogP contribution is -2.19. The second-order valence-corrected chi connectivity index (χ2v) is 6.77. The maximum absolute atomic E-state index is 11.7. The molecule has 0 saturated carbocycles. The Morgan fingerprint density at radius 3 is 2.50 bits per heavy atom. The van der Waals surface area contributed by atoms with Crippen LogP contribution < -0.4 is 10.1 Å². The quantitative estimate of drug-likeness (QED) is 0.667. The van der Waals surface area contributed by atoms with Gasteiger partial charge in [0.2, 0.25) is 5.91 Å². The van der Waals surface area contributed by atoms with Crippen LogP contribution in [0.2, 0.25) is 5.02 Å². The highest BCUT2D eigenvalue weighted by molar-refractivity contribution is 6.30. The van der Waals surface area contributed by atoms with E-state index in [1.54, 1.807) is 0 Å². The van der Waals surface area contributed by atoms with E-state index in [0.717, 1.165) is 40.1 Å². The number of hydrogen-bond acceptors (Lipinski definition) is 2. The van der Waals surface area contributed by atoms with Crippen LogP contribution in [0.1, 0.15) is 17.5 Å². The third-order valence-corrected chi connectivity index (χ3v) is 4.75. The number of aryl methyl sites for hydroxylation is 1. The zero-order chi connectivity index (χ0) is 17.9. The first kappa shape index (κ1) is 16.7. The van der Waals surface area contributed by atoms with Crippen molar-refractivity contribution in [2.75, 3.05) is 5.32 Å². The number of halogens is 1. The summed E-state index contributed by atoms with van der Waals surface area (Å²) in [5, 5.41) is 3.65. The van der Waals surface area contributed by atoms with Gasteiger partial charge in [0.25, 0.3) is 0 Å². The van der Waals surface area contributed by atoms with Crippen LogP contribution >= 0.6 is 11.6 Å². The summed E-state index contributed by atoms with van der Waals surface area (Å²) in [5.74, 6) is 0.794. The Morgan fingerprint density at radius 1 is 0.962 bits per heavy atom. The van der Waals surface area contributed by atoms with Crippen molar-refractivity contribution in [3.8, 4) is 16.9 Å². The molecule has 3 aromatic rings. The molecule has 1 N–H and O–H groups in total. The van der Waals surface area contributed by atoms with E-state index >= 15 is 0 Å². The van der Waals surface area contributed by atoms with E-state index in [2.05, 4.69) is 11.4 Å². The summed E-state index contributed by atoms with van der Waals surface area (Å²) in [6.07, 6.45) is 1.25. The van der Waals surface area contributed by atoms with Gasteiger partial charge in [0, 0.05) is 28.8 Å². The molecule has 1 aliphatic heterocycles. The van der Waals surface area contributed by atoms with Gasteiger partial charge in [0.15, 0.2) is 0 Å². The van der Waals surface area contributed by atoms with Gasteiger partial charge in [0.1, 0.15) is 12.4 Å². The molecule has 1 heterocycles. The molecular weight excluding hydrogens is 346 g/mol. The van der Waals surface area contributed by atoms with Crippen molar-refractivity contribution < 1.29 is 9.53 Å². The molecule has 0 fully saturated rings. The van der Waals surface area contributed by atoms with Crippen molar-refractivity contribution >= 4 is 23.2 Å². The molecule has 0 radical (unpaired) electrons. The first-order chi connectivity index (χ1) is 12.7. The molecule has 0 aromatic heterocycles. The van der Waals surface area contributed by atoms with Crippen LogP contribution in [0.3, 0.4) is 0 Å². The number of carbonyl (C=O) groups excluding carboxylic acids is 1. The van der Waals surface area contributed by atoms with Gasteiger partial charge >= 0.3 is 0 Å². The molecule has 130 valence electrons. The van der Waals surface area contributed by atoms with Crippen LogP contribution in [0.5, 0.6) is 5.75 Å². The fourth-order valence-corrected chi connectivity index (χ4v) is 3.24. The highest BCUT2D eigenvalue weighted by Gasteiger charge is 2.19. The molecule has 26 heavy (non-hydrogen) atoms. The molecule has 3 aromatic carbocycles. The highest BCUT2D eigenvalue weighted by atomic mass is 35.5. The zero-order valence-electron chi connectivity index (χ0n) is 14.2. The number of benzene rings is 3. The summed E-state index contributed by atoms with van der Waals surface area (Å²) in [6, 6.07) is 21.8. The monoisotopic (exact) mass is 363 g/mol.